The largest absolute Gasteiger partial charge is 0.401 e. The second-order valence-corrected chi connectivity index (χ2v) is 5.11. The Labute approximate surface area is 106 Å². The van der Waals surface area contributed by atoms with Crippen LogP contribution in [0.3, 0.4) is 0 Å². The average Bonchev–Trinajstić information content (AvgIpc) is 3.03. The average molecular weight is 263 g/mol. The number of nitrogens with zero attached hydrogens (tertiary/aromatic N) is 2. The van der Waals surface area contributed by atoms with Crippen LogP contribution in [0.2, 0.25) is 0 Å². The van der Waals surface area contributed by atoms with Crippen LogP contribution in [0.25, 0.3) is 0 Å². The van der Waals surface area contributed by atoms with Crippen molar-refractivity contribution in [3.05, 3.63) is 0 Å². The number of hydrogen-bond acceptors (Lipinski definition) is 3. The molecule has 18 heavy (non-hydrogen) atoms. The third-order valence-electron chi connectivity index (χ3n) is 2.84. The minimum atomic E-state index is -4.16. The van der Waals surface area contributed by atoms with Gasteiger partial charge in [0.15, 0.2) is 0 Å². The van der Waals surface area contributed by atoms with Gasteiger partial charge < -0.3 is 0 Å². The first kappa shape index (κ1) is 15.3. The number of nitrogens with one attached hydrogen (secondary N) is 1. The summed E-state index contributed by atoms with van der Waals surface area (Å²) in [7, 11) is 0. The number of hydrogen-bond donors (Lipinski definition) is 1. The highest BCUT2D eigenvalue weighted by Gasteiger charge is 2.37. The van der Waals surface area contributed by atoms with Gasteiger partial charge in [-0.3, -0.25) is 10.2 Å². The minimum absolute atomic E-state index is 0.0602. The molecule has 3 nitrogen and oxygen atoms in total. The maximum absolute atomic E-state index is 12.4. The topological polar surface area (TPSA) is 39.1 Å². The lowest BCUT2D eigenvalue weighted by Gasteiger charge is -2.25. The monoisotopic (exact) mass is 263 g/mol. The van der Waals surface area contributed by atoms with Crippen LogP contribution >= 0.6 is 0 Å². The molecule has 1 rings (SSSR count). The van der Waals surface area contributed by atoms with Gasteiger partial charge in [0.05, 0.1) is 18.7 Å². The van der Waals surface area contributed by atoms with E-state index in [2.05, 4.69) is 11.4 Å². The van der Waals surface area contributed by atoms with Crippen LogP contribution in [-0.4, -0.2) is 42.3 Å². The SMILES string of the molecule is CC(C)NC(C#N)CCN(CC(F)(F)F)C1CC1. The van der Waals surface area contributed by atoms with Crippen LogP contribution in [0, 0.1) is 11.3 Å². The van der Waals surface area contributed by atoms with Gasteiger partial charge in [-0.25, -0.2) is 0 Å². The van der Waals surface area contributed by atoms with E-state index in [9.17, 15) is 13.2 Å². The fourth-order valence-corrected chi connectivity index (χ4v) is 1.94. The molecule has 1 N–H and O–H groups in total. The molecule has 1 atom stereocenters. The zero-order valence-electron chi connectivity index (χ0n) is 10.8. The van der Waals surface area contributed by atoms with Crippen molar-refractivity contribution in [2.24, 2.45) is 0 Å². The molecule has 0 bridgehead atoms. The summed E-state index contributed by atoms with van der Waals surface area (Å²) in [5.41, 5.74) is 0. The first-order valence-electron chi connectivity index (χ1n) is 6.28. The zero-order valence-corrected chi connectivity index (χ0v) is 10.8. The van der Waals surface area contributed by atoms with Crippen molar-refractivity contribution in [1.82, 2.24) is 10.2 Å². The molecule has 1 saturated carbocycles. The first-order chi connectivity index (χ1) is 8.31. The molecule has 0 aromatic heterocycles. The molecule has 0 spiro atoms. The van der Waals surface area contributed by atoms with Gasteiger partial charge in [0, 0.05) is 18.6 Å². The number of nitriles is 1. The standard InChI is InChI=1S/C12H20F3N3/c1-9(2)17-10(7-16)5-6-18(11-3-4-11)8-12(13,14)15/h9-11,17H,3-6,8H2,1-2H3. The molecule has 0 saturated heterocycles. The van der Waals surface area contributed by atoms with Gasteiger partial charge in [-0.05, 0) is 33.1 Å². The summed E-state index contributed by atoms with van der Waals surface area (Å²) < 4.78 is 37.2. The normalized spacial score (nSPS) is 18.1. The quantitative estimate of drug-likeness (QED) is 0.766. The Hall–Kier alpha value is -0.800. The summed E-state index contributed by atoms with van der Waals surface area (Å²) in [4.78, 5) is 1.45. The van der Waals surface area contributed by atoms with E-state index in [-0.39, 0.29) is 18.1 Å². The Kier molecular flexibility index (Phi) is 5.42. The number of halogens is 3. The van der Waals surface area contributed by atoms with E-state index in [4.69, 9.17) is 5.26 Å². The predicted octanol–water partition coefficient (Wildman–Crippen LogP) is 2.29. The van der Waals surface area contributed by atoms with E-state index in [1.54, 1.807) is 0 Å². The molecule has 0 amide bonds. The number of rotatable bonds is 7. The molecule has 0 radical (unpaired) electrons. The van der Waals surface area contributed by atoms with Crippen LogP contribution in [0.4, 0.5) is 13.2 Å². The van der Waals surface area contributed by atoms with E-state index < -0.39 is 12.7 Å². The lowest BCUT2D eigenvalue weighted by Crippen LogP contribution is -2.41. The summed E-state index contributed by atoms with van der Waals surface area (Å²) in [6, 6.07) is 1.94. The van der Waals surface area contributed by atoms with Crippen molar-refractivity contribution in [1.29, 1.82) is 5.26 Å². The number of alkyl halides is 3. The van der Waals surface area contributed by atoms with E-state index in [0.717, 1.165) is 12.8 Å². The summed E-state index contributed by atoms with van der Waals surface area (Å²) in [5.74, 6) is 0. The van der Waals surface area contributed by atoms with Gasteiger partial charge in [0.1, 0.15) is 0 Å². The lowest BCUT2D eigenvalue weighted by molar-refractivity contribution is -0.147. The van der Waals surface area contributed by atoms with Crippen molar-refractivity contribution in [2.75, 3.05) is 13.1 Å². The molecular weight excluding hydrogens is 243 g/mol. The Bertz CT molecular complexity index is 292. The molecule has 104 valence electrons. The molecule has 1 fully saturated rings. The fraction of sp³-hybridized carbons (Fsp3) is 0.917. The predicted molar refractivity (Wildman–Crippen MR) is 62.9 cm³/mol. The van der Waals surface area contributed by atoms with Crippen LogP contribution < -0.4 is 5.32 Å². The molecule has 1 aliphatic carbocycles. The van der Waals surface area contributed by atoms with E-state index >= 15 is 0 Å². The molecule has 0 aromatic carbocycles. The van der Waals surface area contributed by atoms with Gasteiger partial charge in [-0.2, -0.15) is 18.4 Å². The zero-order chi connectivity index (χ0) is 13.8. The first-order valence-corrected chi connectivity index (χ1v) is 6.28. The van der Waals surface area contributed by atoms with Crippen molar-refractivity contribution in [3.8, 4) is 6.07 Å². The van der Waals surface area contributed by atoms with Crippen LogP contribution in [0.1, 0.15) is 33.1 Å². The van der Waals surface area contributed by atoms with Crippen molar-refractivity contribution in [3.63, 3.8) is 0 Å². The van der Waals surface area contributed by atoms with Gasteiger partial charge >= 0.3 is 6.18 Å². The van der Waals surface area contributed by atoms with Crippen LogP contribution in [0.15, 0.2) is 0 Å². The molecule has 0 heterocycles. The van der Waals surface area contributed by atoms with Crippen molar-refractivity contribution < 1.29 is 13.2 Å². The Balaban J connectivity index is 2.39. The molecule has 1 unspecified atom stereocenters. The third-order valence-corrected chi connectivity index (χ3v) is 2.84. The van der Waals surface area contributed by atoms with Gasteiger partial charge in [-0.1, -0.05) is 0 Å². The molecular formula is C12H20F3N3. The minimum Gasteiger partial charge on any atom is -0.300 e. The van der Waals surface area contributed by atoms with Gasteiger partial charge in [0.25, 0.3) is 0 Å². The van der Waals surface area contributed by atoms with Crippen molar-refractivity contribution in [2.45, 2.75) is 57.4 Å². The second kappa shape index (κ2) is 6.39. The maximum atomic E-state index is 12.4. The molecule has 0 aliphatic heterocycles. The highest BCUT2D eigenvalue weighted by molar-refractivity contribution is 4.93. The maximum Gasteiger partial charge on any atom is 0.401 e. The van der Waals surface area contributed by atoms with Gasteiger partial charge in [0.2, 0.25) is 0 Å². The van der Waals surface area contributed by atoms with Crippen LogP contribution in [0.5, 0.6) is 0 Å². The third kappa shape index (κ3) is 6.22. The molecule has 1 aliphatic rings. The van der Waals surface area contributed by atoms with Crippen molar-refractivity contribution >= 4 is 0 Å². The lowest BCUT2D eigenvalue weighted by atomic mass is 10.2. The van der Waals surface area contributed by atoms with Gasteiger partial charge in [-0.15, -0.1) is 0 Å². The summed E-state index contributed by atoms with van der Waals surface area (Å²) in [5, 5.41) is 12.0. The molecule has 0 aromatic rings. The van der Waals surface area contributed by atoms with E-state index in [1.165, 1.54) is 4.90 Å². The summed E-state index contributed by atoms with van der Waals surface area (Å²) in [6.07, 6.45) is -2.05. The van der Waals surface area contributed by atoms with E-state index in [0.29, 0.717) is 13.0 Å². The second-order valence-electron chi connectivity index (χ2n) is 5.11. The highest BCUT2D eigenvalue weighted by atomic mass is 19.4. The van der Waals surface area contributed by atoms with E-state index in [1.807, 2.05) is 13.8 Å². The fourth-order valence-electron chi connectivity index (χ4n) is 1.94. The highest BCUT2D eigenvalue weighted by Crippen LogP contribution is 2.30. The summed E-state index contributed by atoms with van der Waals surface area (Å²) >= 11 is 0. The molecule has 6 heteroatoms. The Morgan fingerprint density at radius 3 is 2.39 bits per heavy atom. The Morgan fingerprint density at radius 2 is 2.00 bits per heavy atom. The Morgan fingerprint density at radius 1 is 1.39 bits per heavy atom. The smallest absolute Gasteiger partial charge is 0.300 e. The van der Waals surface area contributed by atoms with Crippen LogP contribution in [-0.2, 0) is 0 Å². The summed E-state index contributed by atoms with van der Waals surface area (Å²) in [6.45, 7) is 3.29.